The Morgan fingerprint density at radius 1 is 1.11 bits per heavy atom. The summed E-state index contributed by atoms with van der Waals surface area (Å²) in [5.41, 5.74) is 1.11. The zero-order chi connectivity index (χ0) is 20.3. The summed E-state index contributed by atoms with van der Waals surface area (Å²) in [5, 5.41) is 10.4. The normalized spacial score (nSPS) is 14.9. The van der Waals surface area contributed by atoms with E-state index in [1.54, 1.807) is 17.2 Å². The maximum Gasteiger partial charge on any atom is 0.409 e. The zero-order valence-electron chi connectivity index (χ0n) is 15.4. The van der Waals surface area contributed by atoms with Crippen LogP contribution in [0.25, 0.3) is 0 Å². The number of aromatic hydroxyl groups is 1. The quantitative estimate of drug-likeness (QED) is 0.678. The first-order valence-electron chi connectivity index (χ1n) is 8.79. The van der Waals surface area contributed by atoms with Crippen LogP contribution in [0.15, 0.2) is 44.2 Å². The number of pyridine rings is 1. The van der Waals surface area contributed by atoms with Crippen LogP contribution < -0.4 is 5.56 Å². The summed E-state index contributed by atoms with van der Waals surface area (Å²) in [5.74, 6) is -0.230. The van der Waals surface area contributed by atoms with Crippen molar-refractivity contribution in [3.8, 4) is 5.75 Å². The highest BCUT2D eigenvalue weighted by Crippen LogP contribution is 2.21. The fraction of sp³-hybridized carbons (Fsp3) is 0.368. The van der Waals surface area contributed by atoms with Crippen molar-refractivity contribution in [2.24, 2.45) is 0 Å². The topological polar surface area (TPSA) is 75.0 Å². The third-order valence-corrected chi connectivity index (χ3v) is 5.61. The molecule has 1 fully saturated rings. The van der Waals surface area contributed by atoms with Gasteiger partial charge in [0.2, 0.25) is 0 Å². The number of rotatable bonds is 4. The van der Waals surface area contributed by atoms with Crippen LogP contribution >= 0.6 is 31.9 Å². The van der Waals surface area contributed by atoms with Gasteiger partial charge in [0, 0.05) is 53.4 Å². The first-order chi connectivity index (χ1) is 13.4. The van der Waals surface area contributed by atoms with Gasteiger partial charge < -0.3 is 19.3 Å². The Kier molecular flexibility index (Phi) is 6.79. The molecular weight excluding hydrogens is 494 g/mol. The molecule has 2 aromatic rings. The molecule has 1 saturated heterocycles. The van der Waals surface area contributed by atoms with Gasteiger partial charge in [-0.3, -0.25) is 9.69 Å². The van der Waals surface area contributed by atoms with Gasteiger partial charge in [-0.05, 0) is 29.8 Å². The molecule has 28 heavy (non-hydrogen) atoms. The average Bonchev–Trinajstić information content (AvgIpc) is 2.67. The molecule has 1 aromatic heterocycles. The van der Waals surface area contributed by atoms with Crippen LogP contribution in [0.4, 0.5) is 4.79 Å². The predicted molar refractivity (Wildman–Crippen MR) is 113 cm³/mol. The van der Waals surface area contributed by atoms with Gasteiger partial charge in [0.15, 0.2) is 5.75 Å². The molecule has 150 valence electrons. The van der Waals surface area contributed by atoms with Crippen molar-refractivity contribution in [2.75, 3.05) is 33.3 Å². The van der Waals surface area contributed by atoms with Gasteiger partial charge >= 0.3 is 6.09 Å². The van der Waals surface area contributed by atoms with E-state index < -0.39 is 5.56 Å². The molecule has 9 heteroatoms. The van der Waals surface area contributed by atoms with Crippen LogP contribution in [0.3, 0.4) is 0 Å². The predicted octanol–water partition coefficient (Wildman–Crippen LogP) is 3.01. The number of amides is 1. The number of hydrogen-bond donors (Lipinski definition) is 1. The minimum Gasteiger partial charge on any atom is -0.503 e. The second-order valence-corrected chi connectivity index (χ2v) is 8.46. The lowest BCUT2D eigenvalue weighted by atomic mass is 10.2. The number of carbonyl (C=O) groups excluding carboxylic acids is 1. The Morgan fingerprint density at radius 3 is 2.36 bits per heavy atom. The number of methoxy groups -OCH3 is 1. The highest BCUT2D eigenvalue weighted by molar-refractivity contribution is 9.11. The first-order valence-corrected chi connectivity index (χ1v) is 10.4. The second-order valence-electron chi connectivity index (χ2n) is 6.63. The Labute approximate surface area is 179 Å². The number of halogens is 2. The minimum atomic E-state index is -0.415. The van der Waals surface area contributed by atoms with Gasteiger partial charge in [-0.15, -0.1) is 0 Å². The van der Waals surface area contributed by atoms with Crippen molar-refractivity contribution in [3.63, 3.8) is 0 Å². The molecule has 3 rings (SSSR count). The molecule has 0 unspecified atom stereocenters. The maximum atomic E-state index is 12.6. The van der Waals surface area contributed by atoms with Crippen LogP contribution in [0.2, 0.25) is 0 Å². The molecule has 0 radical (unpaired) electrons. The van der Waals surface area contributed by atoms with E-state index in [9.17, 15) is 14.7 Å². The fourth-order valence-corrected chi connectivity index (χ4v) is 4.60. The van der Waals surface area contributed by atoms with E-state index in [1.165, 1.54) is 11.7 Å². The fourth-order valence-electron chi connectivity index (χ4n) is 3.21. The summed E-state index contributed by atoms with van der Waals surface area (Å²) < 4.78 is 8.05. The monoisotopic (exact) mass is 513 g/mol. The molecule has 0 bridgehead atoms. The Morgan fingerprint density at radius 2 is 1.75 bits per heavy atom. The molecule has 0 saturated carbocycles. The Balaban J connectivity index is 1.69. The molecule has 2 heterocycles. The van der Waals surface area contributed by atoms with E-state index in [0.717, 1.165) is 14.5 Å². The van der Waals surface area contributed by atoms with Gasteiger partial charge in [-0.1, -0.05) is 31.9 Å². The van der Waals surface area contributed by atoms with Gasteiger partial charge in [0.05, 0.1) is 13.7 Å². The summed E-state index contributed by atoms with van der Waals surface area (Å²) >= 11 is 6.88. The number of benzene rings is 1. The summed E-state index contributed by atoms with van der Waals surface area (Å²) in [4.78, 5) is 27.9. The number of piperazine rings is 1. The summed E-state index contributed by atoms with van der Waals surface area (Å²) in [6, 6.07) is 7.56. The molecule has 7 nitrogen and oxygen atoms in total. The number of nitrogens with zero attached hydrogens (tertiary/aromatic N) is 3. The number of hydrogen-bond acceptors (Lipinski definition) is 5. The van der Waals surface area contributed by atoms with E-state index in [2.05, 4.69) is 36.8 Å². The Bertz CT molecular complexity index is 904. The highest BCUT2D eigenvalue weighted by atomic mass is 79.9. The van der Waals surface area contributed by atoms with Crippen molar-refractivity contribution in [1.82, 2.24) is 14.4 Å². The summed E-state index contributed by atoms with van der Waals surface area (Å²) in [6.07, 6.45) is 1.38. The zero-order valence-corrected chi connectivity index (χ0v) is 18.6. The lowest BCUT2D eigenvalue weighted by Gasteiger charge is -2.33. The third kappa shape index (κ3) is 4.95. The number of ether oxygens (including phenoxy) is 1. The minimum absolute atomic E-state index is 0.230. The molecule has 0 spiro atoms. The molecule has 1 N–H and O–H groups in total. The molecule has 1 aromatic carbocycles. The van der Waals surface area contributed by atoms with E-state index in [4.69, 9.17) is 4.74 Å². The van der Waals surface area contributed by atoms with E-state index in [0.29, 0.717) is 44.8 Å². The standard InChI is InChI=1S/C19H21Br2N3O4/c1-28-19(27)23-6-4-22(5-7-23)12-14-2-3-24(18(26)17(14)25)11-13-8-15(20)10-16(21)9-13/h2-3,8-10,25H,4-7,11-12H2,1H3. The van der Waals surface area contributed by atoms with E-state index in [1.807, 2.05) is 18.2 Å². The van der Waals surface area contributed by atoms with Crippen LogP contribution in [0.1, 0.15) is 11.1 Å². The lowest BCUT2D eigenvalue weighted by Crippen LogP contribution is -2.48. The van der Waals surface area contributed by atoms with Gasteiger partial charge in [-0.25, -0.2) is 4.79 Å². The molecule has 0 aliphatic carbocycles. The summed E-state index contributed by atoms with van der Waals surface area (Å²) in [6.45, 7) is 3.25. The average molecular weight is 515 g/mol. The Hall–Kier alpha value is -1.84. The molecule has 1 aliphatic rings. The number of carbonyl (C=O) groups is 1. The van der Waals surface area contributed by atoms with Crippen molar-refractivity contribution in [1.29, 1.82) is 0 Å². The smallest absolute Gasteiger partial charge is 0.409 e. The molecule has 1 aliphatic heterocycles. The summed E-state index contributed by atoms with van der Waals surface area (Å²) in [7, 11) is 1.37. The third-order valence-electron chi connectivity index (χ3n) is 4.70. The highest BCUT2D eigenvalue weighted by Gasteiger charge is 2.22. The van der Waals surface area contributed by atoms with Crippen molar-refractivity contribution in [2.45, 2.75) is 13.1 Å². The van der Waals surface area contributed by atoms with Crippen LogP contribution in [-0.4, -0.2) is 58.9 Å². The van der Waals surface area contributed by atoms with Gasteiger partial charge in [0.25, 0.3) is 5.56 Å². The van der Waals surface area contributed by atoms with Gasteiger partial charge in [-0.2, -0.15) is 0 Å². The maximum absolute atomic E-state index is 12.6. The van der Waals surface area contributed by atoms with Crippen molar-refractivity contribution >= 4 is 38.0 Å². The van der Waals surface area contributed by atoms with Gasteiger partial charge in [0.1, 0.15) is 0 Å². The second kappa shape index (κ2) is 9.11. The van der Waals surface area contributed by atoms with Crippen molar-refractivity contribution < 1.29 is 14.6 Å². The molecular formula is C19H21Br2N3O4. The molecule has 1 amide bonds. The van der Waals surface area contributed by atoms with Crippen LogP contribution in [0, 0.1) is 0 Å². The van der Waals surface area contributed by atoms with E-state index in [-0.39, 0.29) is 11.8 Å². The largest absolute Gasteiger partial charge is 0.503 e. The number of aromatic nitrogens is 1. The van der Waals surface area contributed by atoms with E-state index >= 15 is 0 Å². The van der Waals surface area contributed by atoms with Crippen LogP contribution in [-0.2, 0) is 17.8 Å². The first kappa shape index (κ1) is 20.9. The van der Waals surface area contributed by atoms with Crippen LogP contribution in [0.5, 0.6) is 5.75 Å². The SMILES string of the molecule is COC(=O)N1CCN(Cc2ccn(Cc3cc(Br)cc(Br)c3)c(=O)c2O)CC1. The lowest BCUT2D eigenvalue weighted by molar-refractivity contribution is 0.0885. The molecule has 0 atom stereocenters. The van der Waals surface area contributed by atoms with Crippen molar-refractivity contribution in [3.05, 3.63) is 60.9 Å².